The summed E-state index contributed by atoms with van der Waals surface area (Å²) < 4.78 is 2.71. The Morgan fingerprint density at radius 2 is 2.09 bits per heavy atom. The molecule has 0 atom stereocenters. The summed E-state index contributed by atoms with van der Waals surface area (Å²) in [4.78, 5) is 16.5. The van der Waals surface area contributed by atoms with Gasteiger partial charge in [0.25, 0.3) is 11.7 Å². The quantitative estimate of drug-likeness (QED) is 0.779. The summed E-state index contributed by atoms with van der Waals surface area (Å²) in [6, 6.07) is 9.18. The van der Waals surface area contributed by atoms with Crippen LogP contribution in [-0.4, -0.2) is 25.5 Å². The first-order valence-corrected chi connectivity index (χ1v) is 7.56. The average Bonchev–Trinajstić information content (AvgIpc) is 2.88. The normalized spacial score (nSPS) is 10.9. The molecule has 0 spiro atoms. The summed E-state index contributed by atoms with van der Waals surface area (Å²) in [5.41, 5.74) is 2.47. The van der Waals surface area contributed by atoms with Crippen LogP contribution in [0.1, 0.15) is 27.6 Å². The monoisotopic (exact) mass is 359 g/mol. The van der Waals surface area contributed by atoms with Gasteiger partial charge in [-0.2, -0.15) is 0 Å². The van der Waals surface area contributed by atoms with E-state index in [1.54, 1.807) is 12.1 Å². The molecule has 0 saturated carbocycles. The number of carbonyl (C=O) groups is 1. The van der Waals surface area contributed by atoms with Crippen LogP contribution in [0.4, 0.5) is 0 Å². The second kappa shape index (κ2) is 5.84. The van der Waals surface area contributed by atoms with Crippen molar-refractivity contribution in [2.45, 2.75) is 20.4 Å². The number of hydrogen-bond donors (Lipinski definition) is 1. The summed E-state index contributed by atoms with van der Waals surface area (Å²) >= 11 is 3.35. The van der Waals surface area contributed by atoms with Crippen LogP contribution in [0.25, 0.3) is 5.78 Å². The van der Waals surface area contributed by atoms with E-state index in [1.165, 1.54) is 0 Å². The Labute approximate surface area is 135 Å². The number of rotatable bonds is 3. The Bertz CT molecular complexity index is 858. The Morgan fingerprint density at radius 3 is 2.86 bits per heavy atom. The fraction of sp³-hybridized carbons (Fsp3) is 0.200. The molecule has 3 aromatic rings. The van der Waals surface area contributed by atoms with Crippen LogP contribution in [0.2, 0.25) is 0 Å². The maximum atomic E-state index is 12.2. The number of aromatic nitrogens is 4. The highest BCUT2D eigenvalue weighted by Gasteiger charge is 2.11. The topological polar surface area (TPSA) is 72.2 Å². The Hall–Kier alpha value is -2.28. The molecule has 0 aliphatic rings. The van der Waals surface area contributed by atoms with Crippen molar-refractivity contribution in [1.82, 2.24) is 24.9 Å². The van der Waals surface area contributed by atoms with Gasteiger partial charge in [-0.1, -0.05) is 22.0 Å². The molecule has 6 nitrogen and oxygen atoms in total. The lowest BCUT2D eigenvalue weighted by Crippen LogP contribution is -2.24. The molecule has 0 aliphatic carbocycles. The van der Waals surface area contributed by atoms with Crippen LogP contribution in [0.15, 0.2) is 34.8 Å². The van der Waals surface area contributed by atoms with Crippen molar-refractivity contribution in [1.29, 1.82) is 0 Å². The summed E-state index contributed by atoms with van der Waals surface area (Å²) in [7, 11) is 0. The summed E-state index contributed by atoms with van der Waals surface area (Å²) in [6.07, 6.45) is 0. The van der Waals surface area contributed by atoms with Crippen LogP contribution in [-0.2, 0) is 6.54 Å². The first-order chi connectivity index (χ1) is 10.5. The first kappa shape index (κ1) is 14.6. The number of carbonyl (C=O) groups excluding carboxylic acids is 1. The second-order valence-corrected chi connectivity index (χ2v) is 5.90. The molecule has 2 aromatic heterocycles. The summed E-state index contributed by atoms with van der Waals surface area (Å²) in [6.45, 7) is 4.17. The Kier molecular flexibility index (Phi) is 3.89. The predicted octanol–water partition coefficient (Wildman–Crippen LogP) is 2.43. The number of nitrogens with one attached hydrogen (secondary N) is 1. The highest BCUT2D eigenvalue weighted by molar-refractivity contribution is 9.10. The minimum absolute atomic E-state index is 0.157. The lowest BCUT2D eigenvalue weighted by Gasteiger charge is -2.06. The van der Waals surface area contributed by atoms with Crippen molar-refractivity contribution in [3.05, 3.63) is 57.6 Å². The summed E-state index contributed by atoms with van der Waals surface area (Å²) in [5.74, 6) is 1.04. The molecule has 0 radical (unpaired) electrons. The van der Waals surface area contributed by atoms with Gasteiger partial charge >= 0.3 is 0 Å². The van der Waals surface area contributed by atoms with Crippen LogP contribution in [0.3, 0.4) is 0 Å². The predicted molar refractivity (Wildman–Crippen MR) is 85.6 cm³/mol. The number of aryl methyl sites for hydroxylation is 2. The van der Waals surface area contributed by atoms with E-state index in [1.807, 2.05) is 36.4 Å². The van der Waals surface area contributed by atoms with Gasteiger partial charge in [0.15, 0.2) is 5.82 Å². The fourth-order valence-electron chi connectivity index (χ4n) is 2.30. The molecular formula is C15H14BrN5O. The Morgan fingerprint density at radius 1 is 1.27 bits per heavy atom. The van der Waals surface area contributed by atoms with E-state index in [-0.39, 0.29) is 12.5 Å². The van der Waals surface area contributed by atoms with E-state index < -0.39 is 0 Å². The molecule has 112 valence electrons. The van der Waals surface area contributed by atoms with Gasteiger partial charge in [0.2, 0.25) is 0 Å². The standard InChI is InChI=1S/C15H14BrN5O/c1-9-6-10(2)21-13(19-20-15(21)18-9)8-17-14(22)11-4-3-5-12(16)7-11/h3-7H,8H2,1-2H3,(H,17,22). The zero-order valence-corrected chi connectivity index (χ0v) is 13.8. The van der Waals surface area contributed by atoms with E-state index in [0.717, 1.165) is 15.9 Å². The van der Waals surface area contributed by atoms with Crippen molar-refractivity contribution >= 4 is 27.6 Å². The van der Waals surface area contributed by atoms with E-state index in [4.69, 9.17) is 0 Å². The number of benzene rings is 1. The zero-order valence-electron chi connectivity index (χ0n) is 12.2. The van der Waals surface area contributed by atoms with Gasteiger partial charge in [0.05, 0.1) is 6.54 Å². The molecular weight excluding hydrogens is 346 g/mol. The van der Waals surface area contributed by atoms with Crippen molar-refractivity contribution in [3.8, 4) is 0 Å². The average molecular weight is 360 g/mol. The van der Waals surface area contributed by atoms with Crippen LogP contribution < -0.4 is 5.32 Å². The van der Waals surface area contributed by atoms with Crippen molar-refractivity contribution in [2.75, 3.05) is 0 Å². The molecule has 0 saturated heterocycles. The van der Waals surface area contributed by atoms with Gasteiger partial charge in [0.1, 0.15) is 0 Å². The van der Waals surface area contributed by atoms with Gasteiger partial charge in [-0.25, -0.2) is 4.98 Å². The molecule has 0 unspecified atom stereocenters. The van der Waals surface area contributed by atoms with E-state index in [2.05, 4.69) is 36.4 Å². The molecule has 0 fully saturated rings. The number of halogens is 1. The Balaban J connectivity index is 1.81. The third kappa shape index (κ3) is 2.85. The highest BCUT2D eigenvalue weighted by atomic mass is 79.9. The molecule has 1 aromatic carbocycles. The SMILES string of the molecule is Cc1cc(C)n2c(CNC(=O)c3cccc(Br)c3)nnc2n1. The molecule has 1 amide bonds. The maximum absolute atomic E-state index is 12.2. The number of fused-ring (bicyclic) bond motifs is 1. The number of hydrogen-bond acceptors (Lipinski definition) is 4. The van der Waals surface area contributed by atoms with Crippen LogP contribution >= 0.6 is 15.9 Å². The third-order valence-corrected chi connectivity index (χ3v) is 3.75. The fourth-order valence-corrected chi connectivity index (χ4v) is 2.70. The van der Waals surface area contributed by atoms with Crippen LogP contribution in [0, 0.1) is 13.8 Å². The number of nitrogens with zero attached hydrogens (tertiary/aromatic N) is 4. The molecule has 3 rings (SSSR count). The van der Waals surface area contributed by atoms with Crippen molar-refractivity contribution in [3.63, 3.8) is 0 Å². The van der Waals surface area contributed by atoms with Crippen molar-refractivity contribution < 1.29 is 4.79 Å². The lowest BCUT2D eigenvalue weighted by atomic mass is 10.2. The molecule has 0 bridgehead atoms. The largest absolute Gasteiger partial charge is 0.345 e. The molecule has 0 aliphatic heterocycles. The molecule has 7 heteroatoms. The first-order valence-electron chi connectivity index (χ1n) is 6.76. The van der Waals surface area contributed by atoms with E-state index in [9.17, 15) is 4.79 Å². The minimum Gasteiger partial charge on any atom is -0.345 e. The zero-order chi connectivity index (χ0) is 15.7. The maximum Gasteiger partial charge on any atom is 0.255 e. The van der Waals surface area contributed by atoms with E-state index >= 15 is 0 Å². The van der Waals surface area contributed by atoms with Gasteiger partial charge < -0.3 is 5.32 Å². The number of amides is 1. The molecule has 22 heavy (non-hydrogen) atoms. The molecule has 2 heterocycles. The van der Waals surface area contributed by atoms with E-state index in [0.29, 0.717) is 17.2 Å². The van der Waals surface area contributed by atoms with Crippen molar-refractivity contribution in [2.24, 2.45) is 0 Å². The van der Waals surface area contributed by atoms with Gasteiger partial charge in [-0.05, 0) is 38.1 Å². The van der Waals surface area contributed by atoms with Gasteiger partial charge in [-0.15, -0.1) is 10.2 Å². The smallest absolute Gasteiger partial charge is 0.255 e. The van der Waals surface area contributed by atoms with Gasteiger partial charge in [-0.3, -0.25) is 9.20 Å². The summed E-state index contributed by atoms with van der Waals surface area (Å²) in [5, 5.41) is 11.0. The van der Waals surface area contributed by atoms with Crippen LogP contribution in [0.5, 0.6) is 0 Å². The highest BCUT2D eigenvalue weighted by Crippen LogP contribution is 2.12. The van der Waals surface area contributed by atoms with Gasteiger partial charge in [0, 0.05) is 21.4 Å². The molecule has 1 N–H and O–H groups in total. The third-order valence-electron chi connectivity index (χ3n) is 3.25. The minimum atomic E-state index is -0.157. The lowest BCUT2D eigenvalue weighted by molar-refractivity contribution is 0.0949. The second-order valence-electron chi connectivity index (χ2n) is 4.98.